The molecular formula is C22H21N5OS. The van der Waals surface area contributed by atoms with E-state index in [4.69, 9.17) is 4.98 Å². The highest BCUT2D eigenvalue weighted by Gasteiger charge is 2.22. The van der Waals surface area contributed by atoms with Crippen LogP contribution in [0.5, 0.6) is 0 Å². The molecule has 0 aliphatic carbocycles. The molecule has 7 heteroatoms. The van der Waals surface area contributed by atoms with Gasteiger partial charge in [-0.05, 0) is 37.5 Å². The van der Waals surface area contributed by atoms with Crippen molar-refractivity contribution in [1.29, 1.82) is 0 Å². The Morgan fingerprint density at radius 3 is 2.83 bits per heavy atom. The van der Waals surface area contributed by atoms with Gasteiger partial charge in [-0.15, -0.1) is 10.2 Å². The molecule has 2 aromatic heterocycles. The average molecular weight is 404 g/mol. The summed E-state index contributed by atoms with van der Waals surface area (Å²) in [6.45, 7) is 3.66. The van der Waals surface area contributed by atoms with Crippen LogP contribution in [-0.2, 0) is 17.8 Å². The molecule has 2 aromatic carbocycles. The Hall–Kier alpha value is -2.93. The minimum atomic E-state index is 0.0851. The van der Waals surface area contributed by atoms with E-state index in [0.717, 1.165) is 53.7 Å². The summed E-state index contributed by atoms with van der Waals surface area (Å²) in [7, 11) is 0. The molecule has 0 fully saturated rings. The SMILES string of the molecule is CCn1c2ccccc2c2nnc(SCC(=O)N3CCCc4ccccc43)nc21. The van der Waals surface area contributed by atoms with Gasteiger partial charge in [-0.25, -0.2) is 4.98 Å². The Morgan fingerprint density at radius 2 is 1.93 bits per heavy atom. The Morgan fingerprint density at radius 1 is 1.10 bits per heavy atom. The first-order chi connectivity index (χ1) is 14.3. The zero-order valence-electron chi connectivity index (χ0n) is 16.2. The van der Waals surface area contributed by atoms with Crippen LogP contribution in [-0.4, -0.2) is 38.0 Å². The van der Waals surface area contributed by atoms with Gasteiger partial charge >= 0.3 is 0 Å². The lowest BCUT2D eigenvalue weighted by Crippen LogP contribution is -2.36. The normalized spacial score (nSPS) is 13.8. The summed E-state index contributed by atoms with van der Waals surface area (Å²) < 4.78 is 2.14. The van der Waals surface area contributed by atoms with E-state index in [0.29, 0.717) is 10.9 Å². The molecule has 1 aliphatic rings. The highest BCUT2D eigenvalue weighted by atomic mass is 32.2. The van der Waals surface area contributed by atoms with Crippen molar-refractivity contribution in [2.75, 3.05) is 17.2 Å². The summed E-state index contributed by atoms with van der Waals surface area (Å²) in [6, 6.07) is 16.3. The predicted octanol–water partition coefficient (Wildman–Crippen LogP) is 4.07. The van der Waals surface area contributed by atoms with E-state index in [1.165, 1.54) is 17.3 Å². The van der Waals surface area contributed by atoms with Crippen LogP contribution >= 0.6 is 11.8 Å². The number of rotatable bonds is 4. The van der Waals surface area contributed by atoms with Gasteiger partial charge in [0.05, 0.1) is 11.3 Å². The third kappa shape index (κ3) is 3.15. The van der Waals surface area contributed by atoms with Crippen LogP contribution in [0.4, 0.5) is 5.69 Å². The fourth-order valence-corrected chi connectivity index (χ4v) is 4.73. The van der Waals surface area contributed by atoms with Gasteiger partial charge in [0, 0.05) is 24.2 Å². The van der Waals surface area contributed by atoms with E-state index in [1.807, 2.05) is 41.3 Å². The number of thioether (sulfide) groups is 1. The van der Waals surface area contributed by atoms with Crippen LogP contribution in [0.15, 0.2) is 53.7 Å². The van der Waals surface area contributed by atoms with Crippen LogP contribution < -0.4 is 4.90 Å². The molecule has 4 aromatic rings. The van der Waals surface area contributed by atoms with Gasteiger partial charge in [0.15, 0.2) is 5.65 Å². The van der Waals surface area contributed by atoms with Crippen molar-refractivity contribution in [3.63, 3.8) is 0 Å². The lowest BCUT2D eigenvalue weighted by atomic mass is 10.0. The number of aryl methyl sites for hydroxylation is 2. The molecule has 1 amide bonds. The fraction of sp³-hybridized carbons (Fsp3) is 0.273. The molecular weight excluding hydrogens is 382 g/mol. The summed E-state index contributed by atoms with van der Waals surface area (Å²) in [6.07, 6.45) is 2.02. The molecule has 0 atom stereocenters. The van der Waals surface area contributed by atoms with E-state index in [-0.39, 0.29) is 5.91 Å². The van der Waals surface area contributed by atoms with E-state index < -0.39 is 0 Å². The average Bonchev–Trinajstić information content (AvgIpc) is 3.10. The highest BCUT2D eigenvalue weighted by Crippen LogP contribution is 2.29. The number of amides is 1. The monoisotopic (exact) mass is 403 g/mol. The maximum atomic E-state index is 12.9. The number of carbonyl (C=O) groups is 1. The molecule has 6 nitrogen and oxygen atoms in total. The maximum absolute atomic E-state index is 12.9. The maximum Gasteiger partial charge on any atom is 0.237 e. The number of hydrogen-bond donors (Lipinski definition) is 0. The second kappa shape index (κ2) is 7.48. The molecule has 0 N–H and O–H groups in total. The van der Waals surface area contributed by atoms with Gasteiger partial charge in [-0.3, -0.25) is 4.79 Å². The molecule has 0 unspecified atom stereocenters. The Labute approximate surface area is 172 Å². The molecule has 0 bridgehead atoms. The standard InChI is InChI=1S/C22H21N5OS/c1-2-26-18-12-6-4-10-16(18)20-21(26)23-22(25-24-20)29-14-19(28)27-13-7-9-15-8-3-5-11-17(15)27/h3-6,8,10-12H,2,7,9,13-14H2,1H3. The first-order valence-electron chi connectivity index (χ1n) is 9.89. The van der Waals surface area contributed by atoms with Gasteiger partial charge in [0.25, 0.3) is 0 Å². The van der Waals surface area contributed by atoms with Gasteiger partial charge in [-0.1, -0.05) is 48.2 Å². The molecule has 29 heavy (non-hydrogen) atoms. The van der Waals surface area contributed by atoms with Crippen molar-refractivity contribution < 1.29 is 4.79 Å². The van der Waals surface area contributed by atoms with Gasteiger partial charge in [-0.2, -0.15) is 0 Å². The van der Waals surface area contributed by atoms with Crippen molar-refractivity contribution in [1.82, 2.24) is 19.7 Å². The molecule has 146 valence electrons. The van der Waals surface area contributed by atoms with Crippen LogP contribution in [0.3, 0.4) is 0 Å². The van der Waals surface area contributed by atoms with Crippen molar-refractivity contribution >= 4 is 45.4 Å². The van der Waals surface area contributed by atoms with Crippen molar-refractivity contribution in [3.05, 3.63) is 54.1 Å². The molecule has 3 heterocycles. The van der Waals surface area contributed by atoms with Crippen molar-refractivity contribution in [3.8, 4) is 0 Å². The largest absolute Gasteiger partial charge is 0.324 e. The Kier molecular flexibility index (Phi) is 4.67. The second-order valence-corrected chi connectivity index (χ2v) is 8.04. The molecule has 1 aliphatic heterocycles. The first kappa shape index (κ1) is 18.1. The lowest BCUT2D eigenvalue weighted by Gasteiger charge is -2.29. The second-order valence-electron chi connectivity index (χ2n) is 7.09. The fourth-order valence-electron chi connectivity index (χ4n) is 4.07. The number of para-hydroxylation sites is 2. The lowest BCUT2D eigenvalue weighted by molar-refractivity contribution is -0.116. The quantitative estimate of drug-likeness (QED) is 0.481. The van der Waals surface area contributed by atoms with Gasteiger partial charge in [0.1, 0.15) is 5.52 Å². The van der Waals surface area contributed by atoms with Crippen LogP contribution in [0, 0.1) is 0 Å². The summed E-state index contributed by atoms with van der Waals surface area (Å²) >= 11 is 1.35. The minimum absolute atomic E-state index is 0.0851. The van der Waals surface area contributed by atoms with E-state index in [2.05, 4.69) is 33.8 Å². The zero-order valence-corrected chi connectivity index (χ0v) is 17.0. The molecule has 0 saturated carbocycles. The molecule has 0 saturated heterocycles. The number of nitrogens with zero attached hydrogens (tertiary/aromatic N) is 5. The third-order valence-corrected chi connectivity index (χ3v) is 6.23. The van der Waals surface area contributed by atoms with Gasteiger partial charge in [0.2, 0.25) is 11.1 Å². The number of carbonyl (C=O) groups excluding carboxylic acids is 1. The number of fused-ring (bicyclic) bond motifs is 4. The minimum Gasteiger partial charge on any atom is -0.324 e. The number of aromatic nitrogens is 4. The van der Waals surface area contributed by atoms with E-state index in [1.54, 1.807) is 0 Å². The number of anilines is 1. The summed E-state index contributed by atoms with van der Waals surface area (Å²) in [5.74, 6) is 0.385. The Bertz CT molecular complexity index is 1220. The number of benzene rings is 2. The number of hydrogen-bond acceptors (Lipinski definition) is 5. The molecule has 0 spiro atoms. The van der Waals surface area contributed by atoms with E-state index >= 15 is 0 Å². The molecule has 5 rings (SSSR count). The van der Waals surface area contributed by atoms with Gasteiger partial charge < -0.3 is 9.47 Å². The Balaban J connectivity index is 1.40. The first-order valence-corrected chi connectivity index (χ1v) is 10.9. The zero-order chi connectivity index (χ0) is 19.8. The summed E-state index contributed by atoms with van der Waals surface area (Å²) in [5.41, 5.74) is 5.01. The van der Waals surface area contributed by atoms with Crippen molar-refractivity contribution in [2.24, 2.45) is 0 Å². The highest BCUT2D eigenvalue weighted by molar-refractivity contribution is 7.99. The van der Waals surface area contributed by atoms with Crippen molar-refractivity contribution in [2.45, 2.75) is 31.5 Å². The topological polar surface area (TPSA) is 63.9 Å². The summed E-state index contributed by atoms with van der Waals surface area (Å²) in [4.78, 5) is 19.5. The van der Waals surface area contributed by atoms with E-state index in [9.17, 15) is 4.79 Å². The third-order valence-electron chi connectivity index (χ3n) is 5.41. The smallest absolute Gasteiger partial charge is 0.237 e. The van der Waals surface area contributed by atoms with Crippen LogP contribution in [0.25, 0.3) is 22.1 Å². The predicted molar refractivity (Wildman–Crippen MR) is 116 cm³/mol. The van der Waals surface area contributed by atoms with Crippen LogP contribution in [0.2, 0.25) is 0 Å². The summed E-state index contributed by atoms with van der Waals surface area (Å²) in [5, 5.41) is 10.3. The molecule has 0 radical (unpaired) electrons. The van der Waals surface area contributed by atoms with Crippen LogP contribution in [0.1, 0.15) is 18.9 Å².